The molecule has 0 bridgehead atoms. The van der Waals surface area contributed by atoms with Crippen LogP contribution in [0.2, 0.25) is 0 Å². The normalized spacial score (nSPS) is 17.6. The lowest BCUT2D eigenvalue weighted by Gasteiger charge is -2.27. The minimum Gasteiger partial charge on any atom is -0.369 e. The van der Waals surface area contributed by atoms with E-state index >= 15 is 0 Å². The smallest absolute Gasteiger partial charge is 0.271 e. The molecular formula is C28H38F2N4O2. The quantitative estimate of drug-likeness (QED) is 0.519. The van der Waals surface area contributed by atoms with Gasteiger partial charge in [0.15, 0.2) is 11.5 Å². The third-order valence-corrected chi connectivity index (χ3v) is 6.05. The van der Waals surface area contributed by atoms with E-state index in [0.717, 1.165) is 18.9 Å². The molecule has 1 aliphatic rings. The van der Waals surface area contributed by atoms with Crippen LogP contribution >= 0.6 is 0 Å². The van der Waals surface area contributed by atoms with Crippen LogP contribution in [-0.4, -0.2) is 41.7 Å². The maximum absolute atomic E-state index is 14.2. The molecule has 1 heterocycles. The predicted molar refractivity (Wildman–Crippen MR) is 140 cm³/mol. The van der Waals surface area contributed by atoms with Gasteiger partial charge in [0, 0.05) is 32.1 Å². The number of carbonyl (C=O) groups excluding carboxylic acids is 2. The molecule has 8 heteroatoms. The molecule has 0 saturated carbocycles. The fraction of sp³-hybridized carbons (Fsp3) is 0.464. The van der Waals surface area contributed by atoms with Gasteiger partial charge in [-0.05, 0) is 36.0 Å². The number of benzene rings is 2. The SMILES string of the molecule is CC.CC(C)CCC1(c2ccccc2)N=C(N)N(Cc2ccc(C(C)(F)F)c(C(=O)N(C)C)c2)C1=O. The van der Waals surface area contributed by atoms with Crippen molar-refractivity contribution in [3.8, 4) is 0 Å². The fourth-order valence-electron chi connectivity index (χ4n) is 4.16. The number of alkyl halides is 2. The number of aliphatic imine (C=N–C) groups is 1. The van der Waals surface area contributed by atoms with E-state index in [1.807, 2.05) is 44.2 Å². The Bertz CT molecular complexity index is 1090. The fourth-order valence-corrected chi connectivity index (χ4v) is 4.16. The van der Waals surface area contributed by atoms with Crippen molar-refractivity contribution in [2.75, 3.05) is 14.1 Å². The van der Waals surface area contributed by atoms with Crippen molar-refractivity contribution in [1.82, 2.24) is 9.80 Å². The summed E-state index contributed by atoms with van der Waals surface area (Å²) >= 11 is 0. The molecule has 1 unspecified atom stereocenters. The molecule has 1 aliphatic heterocycles. The second-order valence-corrected chi connectivity index (χ2v) is 9.49. The topological polar surface area (TPSA) is 79.0 Å². The van der Waals surface area contributed by atoms with Crippen molar-refractivity contribution in [3.05, 3.63) is 70.8 Å². The van der Waals surface area contributed by atoms with Gasteiger partial charge in [-0.25, -0.2) is 13.8 Å². The molecule has 2 aromatic rings. The summed E-state index contributed by atoms with van der Waals surface area (Å²) in [6.45, 7) is 8.94. The van der Waals surface area contributed by atoms with Crippen molar-refractivity contribution >= 4 is 17.8 Å². The molecule has 0 radical (unpaired) electrons. The number of halogens is 2. The first kappa shape index (κ1) is 28.9. The second-order valence-electron chi connectivity index (χ2n) is 9.49. The van der Waals surface area contributed by atoms with Crippen LogP contribution in [0.3, 0.4) is 0 Å². The zero-order valence-corrected chi connectivity index (χ0v) is 22.3. The Kier molecular flexibility index (Phi) is 9.35. The van der Waals surface area contributed by atoms with E-state index in [-0.39, 0.29) is 29.5 Å². The van der Waals surface area contributed by atoms with Gasteiger partial charge in [0.25, 0.3) is 17.7 Å². The highest BCUT2D eigenvalue weighted by molar-refractivity contribution is 6.07. The largest absolute Gasteiger partial charge is 0.369 e. The van der Waals surface area contributed by atoms with Gasteiger partial charge in [-0.2, -0.15) is 0 Å². The Morgan fingerprint density at radius 3 is 2.28 bits per heavy atom. The number of hydrogen-bond donors (Lipinski definition) is 1. The van der Waals surface area contributed by atoms with Crippen molar-refractivity contribution in [2.24, 2.45) is 16.6 Å². The van der Waals surface area contributed by atoms with Crippen LogP contribution in [-0.2, 0) is 22.8 Å². The van der Waals surface area contributed by atoms with Gasteiger partial charge in [-0.3, -0.25) is 14.5 Å². The summed E-state index contributed by atoms with van der Waals surface area (Å²) in [5.41, 5.74) is 5.92. The molecular weight excluding hydrogens is 462 g/mol. The highest BCUT2D eigenvalue weighted by Gasteiger charge is 2.48. The number of rotatable bonds is 8. The molecule has 196 valence electrons. The molecule has 2 N–H and O–H groups in total. The van der Waals surface area contributed by atoms with Crippen LogP contribution in [0.15, 0.2) is 53.5 Å². The predicted octanol–water partition coefficient (Wildman–Crippen LogP) is 5.51. The Morgan fingerprint density at radius 2 is 1.75 bits per heavy atom. The Balaban J connectivity index is 0.00000222. The number of nitrogens with two attached hydrogens (primary N) is 1. The van der Waals surface area contributed by atoms with Gasteiger partial charge >= 0.3 is 0 Å². The van der Waals surface area contributed by atoms with Crippen LogP contribution in [0.4, 0.5) is 8.78 Å². The molecule has 6 nitrogen and oxygen atoms in total. The summed E-state index contributed by atoms with van der Waals surface area (Å²) in [6.07, 6.45) is 1.27. The summed E-state index contributed by atoms with van der Waals surface area (Å²) in [4.78, 5) is 33.6. The summed E-state index contributed by atoms with van der Waals surface area (Å²) in [5.74, 6) is -3.56. The lowest BCUT2D eigenvalue weighted by molar-refractivity contribution is -0.132. The summed E-state index contributed by atoms with van der Waals surface area (Å²) < 4.78 is 28.3. The maximum Gasteiger partial charge on any atom is 0.271 e. The summed E-state index contributed by atoms with van der Waals surface area (Å²) in [7, 11) is 3.01. The Labute approximate surface area is 213 Å². The minimum atomic E-state index is -3.19. The zero-order chi connectivity index (χ0) is 27.3. The first-order valence-electron chi connectivity index (χ1n) is 12.3. The van der Waals surface area contributed by atoms with E-state index in [1.54, 1.807) is 0 Å². The van der Waals surface area contributed by atoms with Gasteiger partial charge in [-0.1, -0.05) is 70.2 Å². The molecule has 0 aliphatic carbocycles. The van der Waals surface area contributed by atoms with Crippen LogP contribution in [0, 0.1) is 5.92 Å². The van der Waals surface area contributed by atoms with E-state index in [1.165, 1.54) is 42.1 Å². The van der Waals surface area contributed by atoms with Gasteiger partial charge in [0.1, 0.15) is 0 Å². The maximum atomic E-state index is 14.2. The lowest BCUT2D eigenvalue weighted by Crippen LogP contribution is -2.42. The average molecular weight is 501 g/mol. The van der Waals surface area contributed by atoms with Crippen molar-refractivity contribution in [2.45, 2.75) is 65.5 Å². The van der Waals surface area contributed by atoms with Gasteiger partial charge in [0.05, 0.1) is 6.54 Å². The molecule has 0 saturated heterocycles. The van der Waals surface area contributed by atoms with Crippen molar-refractivity contribution < 1.29 is 18.4 Å². The van der Waals surface area contributed by atoms with Gasteiger partial charge < -0.3 is 10.6 Å². The average Bonchev–Trinajstić information content (AvgIpc) is 3.08. The van der Waals surface area contributed by atoms with Crippen molar-refractivity contribution in [3.63, 3.8) is 0 Å². The first-order chi connectivity index (χ1) is 16.9. The van der Waals surface area contributed by atoms with Gasteiger partial charge in [-0.15, -0.1) is 0 Å². The van der Waals surface area contributed by atoms with Crippen LogP contribution in [0.5, 0.6) is 0 Å². The lowest BCUT2D eigenvalue weighted by atomic mass is 9.83. The van der Waals surface area contributed by atoms with E-state index in [9.17, 15) is 18.4 Å². The first-order valence-corrected chi connectivity index (χ1v) is 12.3. The van der Waals surface area contributed by atoms with Crippen molar-refractivity contribution in [1.29, 1.82) is 0 Å². The van der Waals surface area contributed by atoms with Crippen LogP contribution in [0.1, 0.15) is 74.5 Å². The molecule has 3 rings (SSSR count). The number of guanidine groups is 1. The molecule has 0 spiro atoms. The number of amides is 2. The molecule has 0 fully saturated rings. The Hall–Kier alpha value is -3.29. The zero-order valence-electron chi connectivity index (χ0n) is 22.3. The number of carbonyl (C=O) groups is 2. The number of nitrogens with zero attached hydrogens (tertiary/aromatic N) is 3. The highest BCUT2D eigenvalue weighted by atomic mass is 19.3. The third kappa shape index (κ3) is 6.09. The highest BCUT2D eigenvalue weighted by Crippen LogP contribution is 2.39. The molecule has 36 heavy (non-hydrogen) atoms. The second kappa shape index (κ2) is 11.6. The van der Waals surface area contributed by atoms with Gasteiger partial charge in [0.2, 0.25) is 0 Å². The summed E-state index contributed by atoms with van der Waals surface area (Å²) in [5, 5.41) is 0. The van der Waals surface area contributed by atoms with E-state index in [0.29, 0.717) is 17.9 Å². The molecule has 2 amide bonds. The number of hydrogen-bond acceptors (Lipinski definition) is 4. The van der Waals surface area contributed by atoms with E-state index in [2.05, 4.69) is 18.8 Å². The summed E-state index contributed by atoms with van der Waals surface area (Å²) in [6, 6.07) is 13.5. The Morgan fingerprint density at radius 1 is 1.14 bits per heavy atom. The monoisotopic (exact) mass is 500 g/mol. The minimum absolute atomic E-state index is 0.0215. The van der Waals surface area contributed by atoms with E-state index < -0.39 is 17.4 Å². The standard InChI is InChI=1S/C26H32F2N4O2.C2H6/c1-17(2)13-14-26(19-9-7-6-8-10-19)23(34)32(24(29)30-26)16-18-11-12-21(25(3,27)28)20(15-18)22(33)31(4)5;1-2/h6-12,15,17H,13-14,16H2,1-5H3,(H2,29,30);1-2H3. The van der Waals surface area contributed by atoms with E-state index in [4.69, 9.17) is 5.73 Å². The molecule has 2 aromatic carbocycles. The van der Waals surface area contributed by atoms with Crippen LogP contribution in [0.25, 0.3) is 0 Å². The molecule has 1 atom stereocenters. The van der Waals surface area contributed by atoms with Crippen LogP contribution < -0.4 is 5.73 Å². The molecule has 0 aromatic heterocycles. The third-order valence-electron chi connectivity index (χ3n) is 6.05.